The number of carbonyl (C=O) groups is 1. The first-order valence-electron chi connectivity index (χ1n) is 9.77. The standard InChI is InChI=1S/C21H31N3O/c1-2-3-4-5-6-7-8-9-10-11-12-13-18-21(25)24-20-17-15-14-16-19(20)22-23-24/h2-3,14-17H,4-13,18H2,1H3/b3-2+. The molecule has 0 fully saturated rings. The number of hydrogen-bond donors (Lipinski definition) is 0. The Morgan fingerprint density at radius 1 is 0.960 bits per heavy atom. The third-order valence-corrected chi connectivity index (χ3v) is 4.59. The second-order valence-corrected chi connectivity index (χ2v) is 6.67. The monoisotopic (exact) mass is 341 g/mol. The minimum absolute atomic E-state index is 0.0508. The maximum absolute atomic E-state index is 12.3. The Labute approximate surface area is 151 Å². The van der Waals surface area contributed by atoms with Crippen LogP contribution in [0.15, 0.2) is 36.4 Å². The Kier molecular flexibility index (Phi) is 8.95. The van der Waals surface area contributed by atoms with Crippen LogP contribution in [0.3, 0.4) is 0 Å². The lowest BCUT2D eigenvalue weighted by atomic mass is 10.1. The number of rotatable bonds is 12. The van der Waals surface area contributed by atoms with Crippen LogP contribution in [0.25, 0.3) is 11.0 Å². The second-order valence-electron chi connectivity index (χ2n) is 6.67. The number of carbonyl (C=O) groups excluding carboxylic acids is 1. The second kappa shape index (κ2) is 11.6. The molecule has 0 aliphatic rings. The molecule has 0 atom stereocenters. The van der Waals surface area contributed by atoms with Crippen LogP contribution in [0.5, 0.6) is 0 Å². The average molecular weight is 341 g/mol. The van der Waals surface area contributed by atoms with E-state index >= 15 is 0 Å². The molecule has 4 nitrogen and oxygen atoms in total. The van der Waals surface area contributed by atoms with E-state index in [0.717, 1.165) is 23.9 Å². The summed E-state index contributed by atoms with van der Waals surface area (Å²) in [5, 5.41) is 8.02. The molecule has 0 saturated carbocycles. The normalized spacial score (nSPS) is 11.6. The summed E-state index contributed by atoms with van der Waals surface area (Å²) in [6.07, 6.45) is 17.5. The van der Waals surface area contributed by atoms with Crippen molar-refractivity contribution in [1.82, 2.24) is 15.0 Å². The highest BCUT2D eigenvalue weighted by atomic mass is 16.2. The van der Waals surface area contributed by atoms with Gasteiger partial charge in [-0.05, 0) is 38.3 Å². The Balaban J connectivity index is 1.50. The van der Waals surface area contributed by atoms with E-state index in [9.17, 15) is 4.79 Å². The zero-order chi connectivity index (χ0) is 17.7. The number of benzene rings is 1. The third-order valence-electron chi connectivity index (χ3n) is 4.59. The molecule has 25 heavy (non-hydrogen) atoms. The van der Waals surface area contributed by atoms with Gasteiger partial charge in [0.15, 0.2) is 0 Å². The topological polar surface area (TPSA) is 47.8 Å². The van der Waals surface area contributed by atoms with Gasteiger partial charge in [-0.3, -0.25) is 4.79 Å². The molecule has 4 heteroatoms. The van der Waals surface area contributed by atoms with E-state index in [0.29, 0.717) is 6.42 Å². The minimum atomic E-state index is 0.0508. The van der Waals surface area contributed by atoms with Gasteiger partial charge in [-0.2, -0.15) is 4.68 Å². The molecule has 1 aromatic heterocycles. The van der Waals surface area contributed by atoms with Crippen molar-refractivity contribution in [2.75, 3.05) is 0 Å². The van der Waals surface area contributed by atoms with E-state index < -0.39 is 0 Å². The summed E-state index contributed by atoms with van der Waals surface area (Å²) in [6, 6.07) is 7.60. The van der Waals surface area contributed by atoms with Crippen LogP contribution in [-0.2, 0) is 0 Å². The zero-order valence-electron chi connectivity index (χ0n) is 15.5. The van der Waals surface area contributed by atoms with E-state index in [2.05, 4.69) is 29.4 Å². The summed E-state index contributed by atoms with van der Waals surface area (Å²) in [5.41, 5.74) is 1.59. The summed E-state index contributed by atoms with van der Waals surface area (Å²) >= 11 is 0. The number of allylic oxidation sites excluding steroid dienone is 2. The summed E-state index contributed by atoms with van der Waals surface area (Å²) in [6.45, 7) is 2.09. The number of fused-ring (bicyclic) bond motifs is 1. The molecule has 0 aliphatic heterocycles. The molecular weight excluding hydrogens is 310 g/mol. The van der Waals surface area contributed by atoms with Gasteiger partial charge in [0, 0.05) is 6.42 Å². The lowest BCUT2D eigenvalue weighted by Gasteiger charge is -2.03. The van der Waals surface area contributed by atoms with Crippen molar-refractivity contribution in [3.63, 3.8) is 0 Å². The lowest BCUT2D eigenvalue weighted by molar-refractivity contribution is 0.0886. The van der Waals surface area contributed by atoms with E-state index in [-0.39, 0.29) is 5.91 Å². The number of unbranched alkanes of at least 4 members (excludes halogenated alkanes) is 9. The van der Waals surface area contributed by atoms with Crippen molar-refractivity contribution >= 4 is 16.9 Å². The zero-order valence-corrected chi connectivity index (χ0v) is 15.5. The van der Waals surface area contributed by atoms with Gasteiger partial charge in [-0.25, -0.2) is 0 Å². The van der Waals surface area contributed by atoms with Crippen molar-refractivity contribution in [3.05, 3.63) is 36.4 Å². The van der Waals surface area contributed by atoms with Crippen molar-refractivity contribution in [2.45, 2.75) is 77.6 Å². The molecule has 0 N–H and O–H groups in total. The molecule has 0 bridgehead atoms. The van der Waals surface area contributed by atoms with E-state index in [1.165, 1.54) is 56.0 Å². The summed E-state index contributed by atoms with van der Waals surface area (Å²) in [7, 11) is 0. The summed E-state index contributed by atoms with van der Waals surface area (Å²) < 4.78 is 1.45. The van der Waals surface area contributed by atoms with Gasteiger partial charge in [-0.1, -0.05) is 74.4 Å². The predicted octanol–water partition coefficient (Wildman–Crippen LogP) is 5.94. The highest BCUT2D eigenvalue weighted by molar-refractivity contribution is 5.88. The van der Waals surface area contributed by atoms with Crippen molar-refractivity contribution in [2.24, 2.45) is 0 Å². The number of hydrogen-bond acceptors (Lipinski definition) is 3. The van der Waals surface area contributed by atoms with Gasteiger partial charge in [-0.15, -0.1) is 5.10 Å². The Bertz CT molecular complexity index is 660. The van der Waals surface area contributed by atoms with Crippen LogP contribution in [0.1, 0.15) is 82.3 Å². The Morgan fingerprint density at radius 3 is 2.32 bits per heavy atom. The molecular formula is C21H31N3O. The fourth-order valence-electron chi connectivity index (χ4n) is 3.10. The molecule has 0 spiro atoms. The van der Waals surface area contributed by atoms with E-state index in [1.54, 1.807) is 0 Å². The smallest absolute Gasteiger partial charge is 0.248 e. The first kappa shape index (κ1) is 19.4. The first-order valence-corrected chi connectivity index (χ1v) is 9.77. The van der Waals surface area contributed by atoms with Crippen LogP contribution >= 0.6 is 0 Å². The molecule has 1 aromatic carbocycles. The minimum Gasteiger partial charge on any atom is -0.273 e. The molecule has 0 radical (unpaired) electrons. The molecule has 1 heterocycles. The van der Waals surface area contributed by atoms with Crippen LogP contribution in [0, 0.1) is 0 Å². The Hall–Kier alpha value is -1.97. The predicted molar refractivity (Wildman–Crippen MR) is 104 cm³/mol. The lowest BCUT2D eigenvalue weighted by Crippen LogP contribution is -2.12. The van der Waals surface area contributed by atoms with E-state index in [4.69, 9.17) is 0 Å². The maximum atomic E-state index is 12.3. The first-order chi connectivity index (χ1) is 12.3. The Morgan fingerprint density at radius 2 is 1.60 bits per heavy atom. The quantitative estimate of drug-likeness (QED) is 0.354. The molecule has 0 saturated heterocycles. The molecule has 0 unspecified atom stereocenters. The van der Waals surface area contributed by atoms with Gasteiger partial charge < -0.3 is 0 Å². The molecule has 0 aliphatic carbocycles. The summed E-state index contributed by atoms with van der Waals surface area (Å²) in [5.74, 6) is 0.0508. The number of aromatic nitrogens is 3. The molecule has 2 aromatic rings. The van der Waals surface area contributed by atoms with Crippen molar-refractivity contribution < 1.29 is 4.79 Å². The highest BCUT2D eigenvalue weighted by Gasteiger charge is 2.10. The number of para-hydroxylation sites is 1. The fourth-order valence-corrected chi connectivity index (χ4v) is 3.10. The SMILES string of the molecule is C/C=C/CCCCCCCCCCCC(=O)n1nnc2ccccc21. The largest absolute Gasteiger partial charge is 0.273 e. The molecule has 136 valence electrons. The highest BCUT2D eigenvalue weighted by Crippen LogP contribution is 2.14. The number of nitrogens with zero attached hydrogens (tertiary/aromatic N) is 3. The summed E-state index contributed by atoms with van der Waals surface area (Å²) in [4.78, 5) is 12.3. The van der Waals surface area contributed by atoms with Crippen LogP contribution < -0.4 is 0 Å². The fraction of sp³-hybridized carbons (Fsp3) is 0.571. The van der Waals surface area contributed by atoms with Crippen LogP contribution in [0.2, 0.25) is 0 Å². The van der Waals surface area contributed by atoms with Gasteiger partial charge in [0.05, 0.1) is 5.52 Å². The third kappa shape index (κ3) is 6.81. The molecule has 0 amide bonds. The van der Waals surface area contributed by atoms with Crippen LogP contribution in [-0.4, -0.2) is 20.9 Å². The van der Waals surface area contributed by atoms with Gasteiger partial charge >= 0.3 is 0 Å². The van der Waals surface area contributed by atoms with Crippen molar-refractivity contribution in [3.8, 4) is 0 Å². The van der Waals surface area contributed by atoms with Crippen LogP contribution in [0.4, 0.5) is 0 Å². The van der Waals surface area contributed by atoms with Gasteiger partial charge in [0.25, 0.3) is 0 Å². The average Bonchev–Trinajstić information content (AvgIpc) is 3.06. The molecule has 2 rings (SSSR count). The maximum Gasteiger partial charge on any atom is 0.248 e. The van der Waals surface area contributed by atoms with E-state index in [1.807, 2.05) is 24.3 Å². The van der Waals surface area contributed by atoms with Gasteiger partial charge in [0.1, 0.15) is 5.52 Å². The van der Waals surface area contributed by atoms with Crippen molar-refractivity contribution in [1.29, 1.82) is 0 Å². The van der Waals surface area contributed by atoms with Gasteiger partial charge in [0.2, 0.25) is 5.91 Å².